The van der Waals surface area contributed by atoms with Gasteiger partial charge in [-0.1, -0.05) is 11.6 Å². The number of alkyl halides is 6. The lowest BCUT2D eigenvalue weighted by molar-refractivity contribution is -0.139. The molecule has 0 saturated heterocycles. The summed E-state index contributed by atoms with van der Waals surface area (Å²) in [5.74, 6) is -0.649. The van der Waals surface area contributed by atoms with E-state index in [-0.39, 0.29) is 10.8 Å². The van der Waals surface area contributed by atoms with E-state index in [1.54, 1.807) is 0 Å². The first-order valence-corrected chi connectivity index (χ1v) is 7.70. The Kier molecular flexibility index (Phi) is 5.27. The predicted molar refractivity (Wildman–Crippen MR) is 84.8 cm³/mol. The first-order valence-electron chi connectivity index (χ1n) is 7.32. The van der Waals surface area contributed by atoms with E-state index in [0.29, 0.717) is 12.1 Å². The van der Waals surface area contributed by atoms with Crippen LogP contribution in [-0.2, 0) is 18.0 Å². The molecule has 5 nitrogen and oxygen atoms in total. The Bertz CT molecular complexity index is 1030. The molecule has 0 saturated carbocycles. The smallest absolute Gasteiger partial charge is 0.382 e. The van der Waals surface area contributed by atoms with E-state index in [9.17, 15) is 41.5 Å². The zero-order valence-electron chi connectivity index (χ0n) is 14.1. The molecule has 150 valence electrons. The summed E-state index contributed by atoms with van der Waals surface area (Å²) in [6, 6.07) is 2.07. The summed E-state index contributed by atoms with van der Waals surface area (Å²) < 4.78 is 78.4. The number of nitriles is 1. The molecule has 1 heterocycles. The number of halogens is 7. The van der Waals surface area contributed by atoms with E-state index in [0.717, 1.165) is 13.8 Å². The molecule has 0 aliphatic carbocycles. The minimum absolute atomic E-state index is 0.191. The van der Waals surface area contributed by atoms with Gasteiger partial charge in [0.15, 0.2) is 0 Å². The van der Waals surface area contributed by atoms with Crippen molar-refractivity contribution in [3.8, 4) is 11.8 Å². The molecule has 0 fully saturated rings. The maximum atomic E-state index is 13.1. The van der Waals surface area contributed by atoms with Crippen molar-refractivity contribution in [2.45, 2.75) is 31.8 Å². The Morgan fingerprint density at radius 1 is 1.14 bits per heavy atom. The molecule has 0 amide bonds. The van der Waals surface area contributed by atoms with Gasteiger partial charge in [0.05, 0.1) is 21.8 Å². The van der Waals surface area contributed by atoms with Gasteiger partial charge in [-0.2, -0.15) is 31.6 Å². The van der Waals surface area contributed by atoms with Crippen LogP contribution in [0.4, 0.5) is 26.3 Å². The average molecular weight is 426 g/mol. The summed E-state index contributed by atoms with van der Waals surface area (Å²) in [7, 11) is 0. The molecule has 2 rings (SSSR count). The molecular weight excluding hydrogens is 416 g/mol. The zero-order chi connectivity index (χ0) is 21.7. The Labute approximate surface area is 158 Å². The monoisotopic (exact) mass is 425 g/mol. The van der Waals surface area contributed by atoms with Gasteiger partial charge in [-0.05, 0) is 26.0 Å². The van der Waals surface area contributed by atoms with Crippen molar-refractivity contribution in [3.05, 3.63) is 56.2 Å². The Morgan fingerprint density at radius 3 is 2.14 bits per heavy atom. The third-order valence-electron chi connectivity index (χ3n) is 3.55. The highest BCUT2D eigenvalue weighted by molar-refractivity contribution is 6.32. The molecule has 0 atom stereocenters. The van der Waals surface area contributed by atoms with E-state index in [2.05, 4.69) is 4.98 Å². The highest BCUT2D eigenvalue weighted by atomic mass is 35.5. The van der Waals surface area contributed by atoms with E-state index in [1.807, 2.05) is 0 Å². The molecule has 12 heteroatoms. The summed E-state index contributed by atoms with van der Waals surface area (Å²) in [5.41, 5.74) is -8.41. The van der Waals surface area contributed by atoms with Crippen molar-refractivity contribution in [2.75, 3.05) is 0 Å². The maximum Gasteiger partial charge on any atom is 0.423 e. The van der Waals surface area contributed by atoms with E-state index in [1.165, 1.54) is 6.07 Å². The fourth-order valence-corrected chi connectivity index (χ4v) is 2.67. The van der Waals surface area contributed by atoms with E-state index < -0.39 is 56.7 Å². The molecule has 0 aliphatic heterocycles. The van der Waals surface area contributed by atoms with Crippen LogP contribution in [0.1, 0.15) is 36.4 Å². The summed E-state index contributed by atoms with van der Waals surface area (Å²) in [4.78, 5) is 15.9. The second-order valence-corrected chi connectivity index (χ2v) is 6.56. The average Bonchev–Trinajstić information content (AvgIpc) is 2.51. The predicted octanol–water partition coefficient (Wildman–Crippen LogP) is 4.02. The molecule has 1 aromatic carbocycles. The van der Waals surface area contributed by atoms with Crippen LogP contribution in [0, 0.1) is 11.3 Å². The Hall–Kier alpha value is -2.58. The van der Waals surface area contributed by atoms with Gasteiger partial charge in [0.1, 0.15) is 23.1 Å². The molecule has 28 heavy (non-hydrogen) atoms. The van der Waals surface area contributed by atoms with Crippen LogP contribution in [0.2, 0.25) is 5.02 Å². The Balaban J connectivity index is 3.03. The van der Waals surface area contributed by atoms with Crippen molar-refractivity contribution in [2.24, 2.45) is 0 Å². The molecule has 1 N–H and O–H groups in total. The SMILES string of the molecule is CC(C)(O)c1ncc(C(F)(F)F)c(=O)n1-c1c(Cl)cc(C(F)(F)F)cc1C#N. The molecule has 2 aromatic rings. The number of aliphatic hydroxyl groups is 1. The van der Waals surface area contributed by atoms with Crippen LogP contribution in [-0.4, -0.2) is 14.7 Å². The largest absolute Gasteiger partial charge is 0.423 e. The molecule has 0 radical (unpaired) electrons. The number of hydrogen-bond acceptors (Lipinski definition) is 4. The number of hydrogen-bond donors (Lipinski definition) is 1. The van der Waals surface area contributed by atoms with Crippen molar-refractivity contribution in [1.29, 1.82) is 5.26 Å². The lowest BCUT2D eigenvalue weighted by Gasteiger charge is -2.24. The molecule has 0 bridgehead atoms. The third-order valence-corrected chi connectivity index (χ3v) is 3.84. The Morgan fingerprint density at radius 2 is 1.71 bits per heavy atom. The van der Waals surface area contributed by atoms with Gasteiger partial charge in [0.25, 0.3) is 5.56 Å². The van der Waals surface area contributed by atoms with Crippen molar-refractivity contribution in [3.63, 3.8) is 0 Å². The molecule has 0 aliphatic rings. The van der Waals surface area contributed by atoms with Crippen LogP contribution in [0.15, 0.2) is 23.1 Å². The summed E-state index contributed by atoms with van der Waals surface area (Å²) in [6.07, 6.45) is -9.85. The number of rotatable bonds is 2. The van der Waals surface area contributed by atoms with Gasteiger partial charge >= 0.3 is 12.4 Å². The second kappa shape index (κ2) is 6.79. The van der Waals surface area contributed by atoms with E-state index >= 15 is 0 Å². The summed E-state index contributed by atoms with van der Waals surface area (Å²) >= 11 is 5.81. The van der Waals surface area contributed by atoms with Crippen molar-refractivity contribution in [1.82, 2.24) is 9.55 Å². The van der Waals surface area contributed by atoms with Gasteiger partial charge < -0.3 is 5.11 Å². The van der Waals surface area contributed by atoms with Crippen LogP contribution in [0.3, 0.4) is 0 Å². The van der Waals surface area contributed by atoms with Gasteiger partial charge in [0, 0.05) is 6.20 Å². The van der Waals surface area contributed by atoms with Crippen molar-refractivity contribution >= 4 is 11.6 Å². The van der Waals surface area contributed by atoms with Gasteiger partial charge in [-0.15, -0.1) is 0 Å². The number of benzene rings is 1. The van der Waals surface area contributed by atoms with Crippen LogP contribution in [0.5, 0.6) is 0 Å². The van der Waals surface area contributed by atoms with Crippen molar-refractivity contribution < 1.29 is 31.4 Å². The minimum atomic E-state index is -5.14. The summed E-state index contributed by atoms with van der Waals surface area (Å²) in [5, 5.41) is 18.6. The lowest BCUT2D eigenvalue weighted by Crippen LogP contribution is -2.36. The third kappa shape index (κ3) is 3.98. The normalized spacial score (nSPS) is 12.8. The fourth-order valence-electron chi connectivity index (χ4n) is 2.36. The maximum absolute atomic E-state index is 13.1. The summed E-state index contributed by atoms with van der Waals surface area (Å²) in [6.45, 7) is 2.17. The molecule has 0 unspecified atom stereocenters. The molecule has 1 aromatic heterocycles. The lowest BCUT2D eigenvalue weighted by atomic mass is 10.1. The minimum Gasteiger partial charge on any atom is -0.382 e. The molecule has 0 spiro atoms. The standard InChI is InChI=1S/C16H10ClF6N3O2/c1-14(2,28)13-25-6-9(16(21,22)23)12(27)26(13)11-7(5-24)3-8(4-10(11)17)15(18,19)20/h3-4,6,28H,1-2H3. The highest BCUT2D eigenvalue weighted by Crippen LogP contribution is 2.36. The first-order chi connectivity index (χ1) is 12.6. The topological polar surface area (TPSA) is 78.9 Å². The van der Waals surface area contributed by atoms with Gasteiger partial charge in [-0.25, -0.2) is 4.98 Å². The first kappa shape index (κ1) is 21.7. The number of aromatic nitrogens is 2. The van der Waals surface area contributed by atoms with Crippen LogP contribution in [0.25, 0.3) is 5.69 Å². The molecular formula is C16H10ClF6N3O2. The van der Waals surface area contributed by atoms with Crippen LogP contribution >= 0.6 is 11.6 Å². The van der Waals surface area contributed by atoms with Gasteiger partial charge in [-0.3, -0.25) is 9.36 Å². The number of nitrogens with zero attached hydrogens (tertiary/aromatic N) is 3. The van der Waals surface area contributed by atoms with Gasteiger partial charge in [0.2, 0.25) is 0 Å². The highest BCUT2D eigenvalue weighted by Gasteiger charge is 2.39. The second-order valence-electron chi connectivity index (χ2n) is 6.16. The fraction of sp³-hybridized carbons (Fsp3) is 0.312. The van der Waals surface area contributed by atoms with Crippen LogP contribution < -0.4 is 5.56 Å². The zero-order valence-corrected chi connectivity index (χ0v) is 14.8. The quantitative estimate of drug-likeness (QED) is 0.737. The van der Waals surface area contributed by atoms with E-state index in [4.69, 9.17) is 11.6 Å².